The van der Waals surface area contributed by atoms with Crippen molar-refractivity contribution in [1.82, 2.24) is 0 Å². The molecule has 0 amide bonds. The van der Waals surface area contributed by atoms with Crippen LogP contribution < -0.4 is 10.6 Å². The molecule has 2 N–H and O–H groups in total. The van der Waals surface area contributed by atoms with E-state index in [0.29, 0.717) is 10.6 Å². The summed E-state index contributed by atoms with van der Waals surface area (Å²) in [6, 6.07) is 2.17. The van der Waals surface area contributed by atoms with E-state index in [1.54, 1.807) is 11.8 Å². The van der Waals surface area contributed by atoms with Crippen molar-refractivity contribution >= 4 is 33.8 Å². The molecule has 1 saturated heterocycles. The molecule has 2 unspecified atom stereocenters. The van der Waals surface area contributed by atoms with Gasteiger partial charge < -0.3 is 15.4 Å². The third-order valence-corrected chi connectivity index (χ3v) is 5.02. The third-order valence-electron chi connectivity index (χ3n) is 2.89. The number of nitrogen functional groups attached to an aromatic ring is 1. The molecule has 0 spiro atoms. The van der Waals surface area contributed by atoms with Crippen LogP contribution in [0.3, 0.4) is 0 Å². The van der Waals surface area contributed by atoms with Gasteiger partial charge in [0.2, 0.25) is 0 Å². The van der Waals surface area contributed by atoms with Crippen LogP contribution in [-0.2, 0) is 4.74 Å². The molecule has 0 aliphatic carbocycles. The predicted octanol–water partition coefficient (Wildman–Crippen LogP) is 2.54. The summed E-state index contributed by atoms with van der Waals surface area (Å²) in [7, 11) is 0. The second kappa shape index (κ2) is 5.39. The van der Waals surface area contributed by atoms with Gasteiger partial charge in [0.15, 0.2) is 0 Å². The molecule has 1 aromatic heterocycles. The van der Waals surface area contributed by atoms with Crippen LogP contribution in [0.15, 0.2) is 4.90 Å². The standard InChI is InChI=1S/C12H17N3OS2/c1-7-5-15(6-8(2)16-7)12-11(17-3)10(14)9(4-13)18-12/h7-8H,5-6,14H2,1-3H3. The molecular weight excluding hydrogens is 266 g/mol. The fourth-order valence-electron chi connectivity index (χ4n) is 2.25. The van der Waals surface area contributed by atoms with E-state index in [-0.39, 0.29) is 12.2 Å². The Morgan fingerprint density at radius 2 is 2.06 bits per heavy atom. The quantitative estimate of drug-likeness (QED) is 0.845. The Morgan fingerprint density at radius 1 is 1.44 bits per heavy atom. The van der Waals surface area contributed by atoms with Crippen molar-refractivity contribution in [1.29, 1.82) is 5.26 Å². The van der Waals surface area contributed by atoms with Crippen molar-refractivity contribution in [3.8, 4) is 6.07 Å². The van der Waals surface area contributed by atoms with E-state index >= 15 is 0 Å². The number of ether oxygens (including phenoxy) is 1. The predicted molar refractivity (Wildman–Crippen MR) is 77.4 cm³/mol. The lowest BCUT2D eigenvalue weighted by atomic mass is 10.2. The molecule has 1 aromatic rings. The van der Waals surface area contributed by atoms with E-state index in [1.807, 2.05) is 6.26 Å². The maximum atomic E-state index is 9.08. The fourth-order valence-corrected chi connectivity index (χ4v) is 4.25. The summed E-state index contributed by atoms with van der Waals surface area (Å²) in [5.41, 5.74) is 6.63. The van der Waals surface area contributed by atoms with Gasteiger partial charge in [-0.15, -0.1) is 23.1 Å². The van der Waals surface area contributed by atoms with E-state index in [2.05, 4.69) is 24.8 Å². The Morgan fingerprint density at radius 3 is 2.56 bits per heavy atom. The number of thioether (sulfide) groups is 1. The summed E-state index contributed by atoms with van der Waals surface area (Å²) < 4.78 is 5.73. The number of rotatable bonds is 2. The van der Waals surface area contributed by atoms with Crippen LogP contribution in [0, 0.1) is 11.3 Å². The fraction of sp³-hybridized carbons (Fsp3) is 0.583. The smallest absolute Gasteiger partial charge is 0.131 e. The molecular formula is C12H17N3OS2. The van der Waals surface area contributed by atoms with Gasteiger partial charge in [0.05, 0.1) is 22.8 Å². The van der Waals surface area contributed by atoms with E-state index < -0.39 is 0 Å². The van der Waals surface area contributed by atoms with Crippen molar-refractivity contribution in [2.45, 2.75) is 31.0 Å². The van der Waals surface area contributed by atoms with Gasteiger partial charge in [-0.2, -0.15) is 5.26 Å². The summed E-state index contributed by atoms with van der Waals surface area (Å²) in [6.45, 7) is 5.85. The van der Waals surface area contributed by atoms with Crippen LogP contribution in [0.1, 0.15) is 18.7 Å². The summed E-state index contributed by atoms with van der Waals surface area (Å²) in [4.78, 5) is 3.92. The van der Waals surface area contributed by atoms with E-state index in [4.69, 9.17) is 15.7 Å². The van der Waals surface area contributed by atoms with Crippen LogP contribution in [0.4, 0.5) is 10.7 Å². The first-order valence-electron chi connectivity index (χ1n) is 5.83. The van der Waals surface area contributed by atoms with Gasteiger partial charge in [-0.3, -0.25) is 0 Å². The second-order valence-corrected chi connectivity index (χ2v) is 6.27. The van der Waals surface area contributed by atoms with Gasteiger partial charge in [0.25, 0.3) is 0 Å². The molecule has 2 atom stereocenters. The summed E-state index contributed by atoms with van der Waals surface area (Å²) in [5.74, 6) is 0. The number of nitrogens with two attached hydrogens (primary N) is 1. The zero-order valence-electron chi connectivity index (χ0n) is 10.8. The Balaban J connectivity index is 2.35. The van der Waals surface area contributed by atoms with Gasteiger partial charge >= 0.3 is 0 Å². The minimum atomic E-state index is 0.206. The van der Waals surface area contributed by atoms with Gasteiger partial charge in [0.1, 0.15) is 15.9 Å². The van der Waals surface area contributed by atoms with Gasteiger partial charge in [0, 0.05) is 13.1 Å². The van der Waals surface area contributed by atoms with Gasteiger partial charge in [-0.1, -0.05) is 0 Å². The van der Waals surface area contributed by atoms with Crippen molar-refractivity contribution in [2.75, 3.05) is 30.0 Å². The van der Waals surface area contributed by atoms with Crippen molar-refractivity contribution < 1.29 is 4.74 Å². The minimum absolute atomic E-state index is 0.206. The van der Waals surface area contributed by atoms with E-state index in [9.17, 15) is 0 Å². The molecule has 6 heteroatoms. The molecule has 0 bridgehead atoms. The highest BCUT2D eigenvalue weighted by Crippen LogP contribution is 2.44. The normalized spacial score (nSPS) is 24.0. The molecule has 0 aromatic carbocycles. The van der Waals surface area contributed by atoms with Crippen molar-refractivity contribution in [3.63, 3.8) is 0 Å². The molecule has 18 heavy (non-hydrogen) atoms. The monoisotopic (exact) mass is 283 g/mol. The molecule has 98 valence electrons. The maximum absolute atomic E-state index is 9.08. The van der Waals surface area contributed by atoms with Crippen LogP contribution >= 0.6 is 23.1 Å². The van der Waals surface area contributed by atoms with Crippen molar-refractivity contribution in [3.05, 3.63) is 4.88 Å². The van der Waals surface area contributed by atoms with Crippen LogP contribution in [0.5, 0.6) is 0 Å². The van der Waals surface area contributed by atoms with Gasteiger partial charge in [-0.25, -0.2) is 0 Å². The highest BCUT2D eigenvalue weighted by Gasteiger charge is 2.27. The molecule has 2 rings (SSSR count). The first-order chi connectivity index (χ1) is 8.56. The zero-order valence-corrected chi connectivity index (χ0v) is 12.4. The highest BCUT2D eigenvalue weighted by molar-refractivity contribution is 7.99. The lowest BCUT2D eigenvalue weighted by Gasteiger charge is -2.36. The van der Waals surface area contributed by atoms with Crippen LogP contribution in [0.2, 0.25) is 0 Å². The average molecular weight is 283 g/mol. The second-order valence-electron chi connectivity index (χ2n) is 4.46. The molecule has 1 aliphatic rings. The number of nitriles is 1. The Bertz CT molecular complexity index is 470. The molecule has 2 heterocycles. The van der Waals surface area contributed by atoms with Crippen molar-refractivity contribution in [2.24, 2.45) is 0 Å². The minimum Gasteiger partial charge on any atom is -0.396 e. The lowest BCUT2D eigenvalue weighted by molar-refractivity contribution is -0.00513. The molecule has 4 nitrogen and oxygen atoms in total. The number of anilines is 2. The molecule has 1 fully saturated rings. The first kappa shape index (κ1) is 13.5. The Kier molecular flexibility index (Phi) is 4.05. The topological polar surface area (TPSA) is 62.3 Å². The van der Waals surface area contributed by atoms with Crippen LogP contribution in [0.25, 0.3) is 0 Å². The summed E-state index contributed by atoms with van der Waals surface area (Å²) >= 11 is 3.09. The number of morpholine rings is 1. The number of nitrogens with zero attached hydrogens (tertiary/aromatic N) is 2. The number of hydrogen-bond acceptors (Lipinski definition) is 6. The Labute approximate surface area is 116 Å². The summed E-state index contributed by atoms with van der Waals surface area (Å²) in [6.07, 6.45) is 2.41. The molecule has 1 aliphatic heterocycles. The highest BCUT2D eigenvalue weighted by atomic mass is 32.2. The van der Waals surface area contributed by atoms with Crippen LogP contribution in [-0.4, -0.2) is 31.6 Å². The maximum Gasteiger partial charge on any atom is 0.131 e. The zero-order chi connectivity index (χ0) is 13.3. The third kappa shape index (κ3) is 2.44. The molecule has 0 radical (unpaired) electrons. The molecule has 0 saturated carbocycles. The average Bonchev–Trinajstić information content (AvgIpc) is 2.64. The number of thiophene rings is 1. The van der Waals surface area contributed by atoms with E-state index in [1.165, 1.54) is 11.3 Å². The van der Waals surface area contributed by atoms with E-state index in [0.717, 1.165) is 23.0 Å². The largest absolute Gasteiger partial charge is 0.396 e. The van der Waals surface area contributed by atoms with Gasteiger partial charge in [-0.05, 0) is 20.1 Å². The SMILES string of the molecule is CSc1c(N2CC(C)OC(C)C2)sc(C#N)c1N. The summed E-state index contributed by atoms with van der Waals surface area (Å²) in [5, 5.41) is 10.2. The first-order valence-corrected chi connectivity index (χ1v) is 7.87. The number of hydrogen-bond donors (Lipinski definition) is 1. The Hall–Kier alpha value is -0.900. The lowest BCUT2D eigenvalue weighted by Crippen LogP contribution is -2.45.